The summed E-state index contributed by atoms with van der Waals surface area (Å²) in [5.74, 6) is -0.400. The molecule has 1 aromatic rings. The number of benzene rings is 1. The van der Waals surface area contributed by atoms with Gasteiger partial charge in [-0.05, 0) is 24.1 Å². The number of rotatable bonds is 4. The van der Waals surface area contributed by atoms with E-state index in [4.69, 9.17) is 0 Å². The Hall–Kier alpha value is -0.970. The summed E-state index contributed by atoms with van der Waals surface area (Å²) in [6.45, 7) is 3.97. The van der Waals surface area contributed by atoms with E-state index in [0.717, 1.165) is 23.7 Å². The third-order valence-electron chi connectivity index (χ3n) is 4.22. The minimum atomic E-state index is -4.15. The van der Waals surface area contributed by atoms with Gasteiger partial charge in [0.15, 0.2) is 0 Å². The Morgan fingerprint density at radius 3 is 2.35 bits per heavy atom. The van der Waals surface area contributed by atoms with E-state index < -0.39 is 11.9 Å². The number of carbonyl (C=O) groups excluding carboxylic acids is 1. The molecule has 0 aliphatic heterocycles. The van der Waals surface area contributed by atoms with Gasteiger partial charge in [0.05, 0.1) is 5.75 Å². The van der Waals surface area contributed by atoms with E-state index in [-0.39, 0.29) is 17.1 Å². The highest BCUT2D eigenvalue weighted by molar-refractivity contribution is 7.99. The molecule has 5 heteroatoms. The molecule has 1 saturated carbocycles. The Morgan fingerprint density at radius 1 is 1.30 bits per heavy atom. The van der Waals surface area contributed by atoms with Crippen molar-refractivity contribution >= 4 is 17.5 Å². The van der Waals surface area contributed by atoms with E-state index in [2.05, 4.69) is 0 Å². The number of Topliss-reactive ketones (excluding diaryl/α,β-unsaturated/α-hetero) is 1. The Bertz CT molecular complexity index is 495. The maximum absolute atomic E-state index is 12.1. The van der Waals surface area contributed by atoms with E-state index >= 15 is 0 Å². The standard InChI is InChI=1S/C15H17F3OS/c1-3-14(2)12(8-13(14)19)10-4-6-11(7-5-10)20-9-15(16,17)18/h4-7,12H,3,8-9H2,1-2H3. The topological polar surface area (TPSA) is 17.1 Å². The first kappa shape index (κ1) is 15.4. The van der Waals surface area contributed by atoms with Crippen LogP contribution >= 0.6 is 11.8 Å². The van der Waals surface area contributed by atoms with Gasteiger partial charge in [-0.3, -0.25) is 4.79 Å². The second-order valence-electron chi connectivity index (χ2n) is 5.42. The zero-order valence-electron chi connectivity index (χ0n) is 11.5. The summed E-state index contributed by atoms with van der Waals surface area (Å²) < 4.78 is 36.4. The summed E-state index contributed by atoms with van der Waals surface area (Å²) in [5, 5.41) is 0. The minimum Gasteiger partial charge on any atom is -0.299 e. The maximum Gasteiger partial charge on any atom is 0.398 e. The van der Waals surface area contributed by atoms with Crippen LogP contribution in [-0.2, 0) is 4.79 Å². The average molecular weight is 302 g/mol. The predicted octanol–water partition coefficient (Wildman–Crippen LogP) is 4.81. The lowest BCUT2D eigenvalue weighted by molar-refractivity contribution is -0.139. The zero-order chi connectivity index (χ0) is 15.0. The highest BCUT2D eigenvalue weighted by Crippen LogP contribution is 2.52. The van der Waals surface area contributed by atoms with Crippen molar-refractivity contribution in [2.24, 2.45) is 5.41 Å². The van der Waals surface area contributed by atoms with Crippen molar-refractivity contribution in [2.75, 3.05) is 5.75 Å². The Morgan fingerprint density at radius 2 is 1.90 bits per heavy atom. The average Bonchev–Trinajstić information content (AvgIpc) is 2.41. The van der Waals surface area contributed by atoms with Gasteiger partial charge in [0, 0.05) is 22.6 Å². The first-order valence-corrected chi connectivity index (χ1v) is 7.57. The van der Waals surface area contributed by atoms with Gasteiger partial charge in [-0.2, -0.15) is 13.2 Å². The molecule has 0 radical (unpaired) electrons. The van der Waals surface area contributed by atoms with Crippen molar-refractivity contribution in [1.82, 2.24) is 0 Å². The highest BCUT2D eigenvalue weighted by atomic mass is 32.2. The van der Waals surface area contributed by atoms with Crippen LogP contribution in [0.2, 0.25) is 0 Å². The van der Waals surface area contributed by atoms with Crippen LogP contribution in [0.3, 0.4) is 0 Å². The van der Waals surface area contributed by atoms with Crippen LogP contribution in [0.25, 0.3) is 0 Å². The van der Waals surface area contributed by atoms with Crippen molar-refractivity contribution in [3.63, 3.8) is 0 Å². The summed E-state index contributed by atoms with van der Waals surface area (Å²) in [4.78, 5) is 12.3. The van der Waals surface area contributed by atoms with Crippen LogP contribution in [-0.4, -0.2) is 17.7 Å². The molecule has 0 aromatic heterocycles. The van der Waals surface area contributed by atoms with E-state index in [1.807, 2.05) is 26.0 Å². The molecule has 110 valence electrons. The third kappa shape index (κ3) is 3.03. The van der Waals surface area contributed by atoms with E-state index in [9.17, 15) is 18.0 Å². The molecule has 1 nitrogen and oxygen atoms in total. The van der Waals surface area contributed by atoms with E-state index in [0.29, 0.717) is 11.3 Å². The Kier molecular flexibility index (Phi) is 4.19. The lowest BCUT2D eigenvalue weighted by Crippen LogP contribution is -2.45. The van der Waals surface area contributed by atoms with Crippen LogP contribution in [0.4, 0.5) is 13.2 Å². The van der Waals surface area contributed by atoms with E-state index in [1.54, 1.807) is 12.1 Å². The summed E-state index contributed by atoms with van der Waals surface area (Å²) in [6.07, 6.45) is -2.81. The van der Waals surface area contributed by atoms with Crippen molar-refractivity contribution in [2.45, 2.75) is 43.7 Å². The number of ketones is 1. The SMILES string of the molecule is CCC1(C)C(=O)CC1c1ccc(SCC(F)(F)F)cc1. The molecule has 1 aliphatic carbocycles. The van der Waals surface area contributed by atoms with Gasteiger partial charge in [-0.25, -0.2) is 0 Å². The van der Waals surface area contributed by atoms with Gasteiger partial charge in [0.2, 0.25) is 0 Å². The number of thioether (sulfide) groups is 1. The van der Waals surface area contributed by atoms with Crippen molar-refractivity contribution in [1.29, 1.82) is 0 Å². The fourth-order valence-corrected chi connectivity index (χ4v) is 3.26. The summed E-state index contributed by atoms with van der Waals surface area (Å²) in [7, 11) is 0. The lowest BCUT2D eigenvalue weighted by atomic mass is 9.56. The molecule has 0 heterocycles. The molecule has 1 aliphatic rings. The maximum atomic E-state index is 12.1. The molecule has 2 unspecified atom stereocenters. The third-order valence-corrected chi connectivity index (χ3v) is 5.29. The number of hydrogen-bond donors (Lipinski definition) is 0. The summed E-state index contributed by atoms with van der Waals surface area (Å²) >= 11 is 0.788. The molecule has 2 rings (SSSR count). The fourth-order valence-electron chi connectivity index (χ4n) is 2.60. The molecule has 1 aromatic carbocycles. The van der Waals surface area contributed by atoms with Gasteiger partial charge in [0.25, 0.3) is 0 Å². The number of hydrogen-bond acceptors (Lipinski definition) is 2. The molecule has 20 heavy (non-hydrogen) atoms. The van der Waals surface area contributed by atoms with Crippen molar-refractivity contribution in [3.05, 3.63) is 29.8 Å². The molecule has 0 amide bonds. The first-order valence-electron chi connectivity index (χ1n) is 6.59. The second-order valence-corrected chi connectivity index (χ2v) is 6.47. The molecular formula is C15H17F3OS. The minimum absolute atomic E-state index is 0.196. The molecule has 0 N–H and O–H groups in total. The van der Waals surface area contributed by atoms with Crippen LogP contribution < -0.4 is 0 Å². The highest BCUT2D eigenvalue weighted by Gasteiger charge is 2.49. The van der Waals surface area contributed by atoms with Crippen LogP contribution in [0.15, 0.2) is 29.2 Å². The molecule has 2 atom stereocenters. The zero-order valence-corrected chi connectivity index (χ0v) is 12.3. The number of carbonyl (C=O) groups is 1. The van der Waals surface area contributed by atoms with E-state index in [1.165, 1.54) is 0 Å². The van der Waals surface area contributed by atoms with Crippen LogP contribution in [0.1, 0.15) is 38.2 Å². The molecule has 0 saturated heterocycles. The fraction of sp³-hybridized carbons (Fsp3) is 0.533. The molecule has 0 spiro atoms. The van der Waals surface area contributed by atoms with Crippen LogP contribution in [0, 0.1) is 5.41 Å². The molecular weight excluding hydrogens is 285 g/mol. The van der Waals surface area contributed by atoms with Gasteiger partial charge < -0.3 is 0 Å². The van der Waals surface area contributed by atoms with Crippen molar-refractivity contribution < 1.29 is 18.0 Å². The Balaban J connectivity index is 2.04. The van der Waals surface area contributed by atoms with Gasteiger partial charge >= 0.3 is 6.18 Å². The lowest BCUT2D eigenvalue weighted by Gasteiger charge is -2.45. The quantitative estimate of drug-likeness (QED) is 0.742. The number of alkyl halides is 3. The van der Waals surface area contributed by atoms with Crippen molar-refractivity contribution in [3.8, 4) is 0 Å². The predicted molar refractivity (Wildman–Crippen MR) is 74.0 cm³/mol. The normalized spacial score (nSPS) is 26.4. The monoisotopic (exact) mass is 302 g/mol. The first-order chi connectivity index (χ1) is 9.26. The molecule has 1 fully saturated rings. The summed E-state index contributed by atoms with van der Waals surface area (Å²) in [5.41, 5.74) is 0.742. The van der Waals surface area contributed by atoms with Gasteiger partial charge in [-0.1, -0.05) is 26.0 Å². The van der Waals surface area contributed by atoms with Crippen LogP contribution in [0.5, 0.6) is 0 Å². The number of halogens is 3. The van der Waals surface area contributed by atoms with Gasteiger partial charge in [0.1, 0.15) is 5.78 Å². The molecule has 0 bridgehead atoms. The van der Waals surface area contributed by atoms with Gasteiger partial charge in [-0.15, -0.1) is 11.8 Å². The summed E-state index contributed by atoms with van der Waals surface area (Å²) in [6, 6.07) is 7.13. The largest absolute Gasteiger partial charge is 0.398 e. The Labute approximate surface area is 120 Å². The second kappa shape index (κ2) is 5.43. The smallest absolute Gasteiger partial charge is 0.299 e.